The van der Waals surface area contributed by atoms with E-state index in [1.54, 1.807) is 12.1 Å². The van der Waals surface area contributed by atoms with Crippen molar-refractivity contribution in [1.29, 1.82) is 0 Å². The largest absolute Gasteiger partial charge is 0.493 e. The number of anilines is 1. The Labute approximate surface area is 238 Å². The molecule has 0 radical (unpaired) electrons. The minimum Gasteiger partial charge on any atom is -0.493 e. The summed E-state index contributed by atoms with van der Waals surface area (Å²) in [6.07, 6.45) is 4.91. The zero-order valence-corrected chi connectivity index (χ0v) is 24.2. The molecule has 0 unspecified atom stereocenters. The van der Waals surface area contributed by atoms with Gasteiger partial charge in [-0.1, -0.05) is 29.8 Å². The standard InChI is InChI=1S/C28H28BrN3O6S/c1-16-8-10-17(11-9-16)15-38-24-20(29)12-18(13-21(24)36-2)14-30-32-26(34)25(33)31-27-23(28(35)37-3)19-6-4-5-7-22(19)39-27/h8-14H,4-7,15H2,1-3H3,(H,31,33)(H,32,34). The molecule has 1 aromatic heterocycles. The topological polar surface area (TPSA) is 115 Å². The van der Waals surface area contributed by atoms with E-state index in [0.717, 1.165) is 41.7 Å². The number of thiophene rings is 1. The summed E-state index contributed by atoms with van der Waals surface area (Å²) in [7, 11) is 2.82. The highest BCUT2D eigenvalue weighted by molar-refractivity contribution is 9.10. The van der Waals surface area contributed by atoms with Gasteiger partial charge in [0.15, 0.2) is 11.5 Å². The second kappa shape index (κ2) is 12.9. The molecular formula is C28H28BrN3O6S. The Bertz CT molecular complexity index is 1420. The zero-order chi connectivity index (χ0) is 27.9. The van der Waals surface area contributed by atoms with E-state index in [2.05, 4.69) is 31.8 Å². The molecule has 0 saturated carbocycles. The van der Waals surface area contributed by atoms with E-state index in [-0.39, 0.29) is 0 Å². The maximum atomic E-state index is 12.6. The Morgan fingerprint density at radius 1 is 1.08 bits per heavy atom. The first-order chi connectivity index (χ1) is 18.8. The second-order valence-corrected chi connectivity index (χ2v) is 10.8. The van der Waals surface area contributed by atoms with Gasteiger partial charge in [-0.15, -0.1) is 11.3 Å². The molecular weight excluding hydrogens is 586 g/mol. The lowest BCUT2D eigenvalue weighted by atomic mass is 9.95. The van der Waals surface area contributed by atoms with Crippen molar-refractivity contribution in [3.8, 4) is 11.5 Å². The van der Waals surface area contributed by atoms with Crippen LogP contribution in [0.5, 0.6) is 11.5 Å². The van der Waals surface area contributed by atoms with Crippen molar-refractivity contribution in [3.63, 3.8) is 0 Å². The third-order valence-electron chi connectivity index (χ3n) is 6.13. The number of nitrogens with one attached hydrogen (secondary N) is 2. The van der Waals surface area contributed by atoms with Gasteiger partial charge in [-0.2, -0.15) is 5.10 Å². The third kappa shape index (κ3) is 6.85. The minimum absolute atomic E-state index is 0.313. The van der Waals surface area contributed by atoms with Gasteiger partial charge in [0.05, 0.1) is 30.5 Å². The summed E-state index contributed by atoms with van der Waals surface area (Å²) < 4.78 is 17.0. The normalized spacial score (nSPS) is 12.5. The molecule has 2 amide bonds. The van der Waals surface area contributed by atoms with Crippen molar-refractivity contribution < 1.29 is 28.6 Å². The van der Waals surface area contributed by atoms with Gasteiger partial charge in [-0.25, -0.2) is 10.2 Å². The number of benzene rings is 2. The van der Waals surface area contributed by atoms with Gasteiger partial charge in [0.2, 0.25) is 0 Å². The molecule has 11 heteroatoms. The molecule has 0 atom stereocenters. The minimum atomic E-state index is -0.975. The van der Waals surface area contributed by atoms with Crippen molar-refractivity contribution in [2.45, 2.75) is 39.2 Å². The monoisotopic (exact) mass is 613 g/mol. The Kier molecular flexibility index (Phi) is 9.36. The molecule has 1 aliphatic rings. The Morgan fingerprint density at radius 3 is 2.54 bits per heavy atom. The van der Waals surface area contributed by atoms with Crippen LogP contribution in [0.2, 0.25) is 0 Å². The molecule has 2 N–H and O–H groups in total. The number of carbonyl (C=O) groups excluding carboxylic acids is 3. The summed E-state index contributed by atoms with van der Waals surface area (Å²) in [5, 5.41) is 6.76. The maximum Gasteiger partial charge on any atom is 0.341 e. The second-order valence-electron chi connectivity index (χ2n) is 8.87. The zero-order valence-electron chi connectivity index (χ0n) is 21.8. The van der Waals surface area contributed by atoms with Gasteiger partial charge in [-0.3, -0.25) is 9.59 Å². The van der Waals surface area contributed by atoms with Crippen LogP contribution in [0.3, 0.4) is 0 Å². The van der Waals surface area contributed by atoms with E-state index in [1.165, 1.54) is 37.3 Å². The summed E-state index contributed by atoms with van der Waals surface area (Å²) in [6.45, 7) is 2.38. The van der Waals surface area contributed by atoms with Crippen LogP contribution in [0.4, 0.5) is 5.00 Å². The number of nitrogens with zero attached hydrogens (tertiary/aromatic N) is 1. The third-order valence-corrected chi connectivity index (χ3v) is 7.93. The highest BCUT2D eigenvalue weighted by Crippen LogP contribution is 2.39. The molecule has 0 aliphatic heterocycles. The fourth-order valence-electron chi connectivity index (χ4n) is 4.14. The highest BCUT2D eigenvalue weighted by atomic mass is 79.9. The van der Waals surface area contributed by atoms with Crippen LogP contribution in [-0.4, -0.2) is 38.2 Å². The van der Waals surface area contributed by atoms with Gasteiger partial charge >= 0.3 is 17.8 Å². The molecule has 1 heterocycles. The number of rotatable bonds is 8. The molecule has 1 aliphatic carbocycles. The molecule has 0 fully saturated rings. The first kappa shape index (κ1) is 28.3. The number of hydrazone groups is 1. The molecule has 0 bridgehead atoms. The molecule has 4 rings (SSSR count). The van der Waals surface area contributed by atoms with Crippen molar-refractivity contribution in [1.82, 2.24) is 5.43 Å². The van der Waals surface area contributed by atoms with Gasteiger partial charge in [0.1, 0.15) is 11.6 Å². The average molecular weight is 615 g/mol. The predicted molar refractivity (Wildman–Crippen MR) is 153 cm³/mol. The lowest BCUT2D eigenvalue weighted by molar-refractivity contribution is -0.136. The number of aryl methyl sites for hydroxylation is 2. The van der Waals surface area contributed by atoms with Gasteiger partial charge in [0.25, 0.3) is 0 Å². The molecule has 2 aromatic carbocycles. The SMILES string of the molecule is COC(=O)c1c(NC(=O)C(=O)NN=Cc2cc(Br)c(OCc3ccc(C)cc3)c(OC)c2)sc2c1CCCC2. The maximum absolute atomic E-state index is 12.6. The van der Waals surface area contributed by atoms with Crippen LogP contribution in [0, 0.1) is 6.92 Å². The predicted octanol–water partition coefficient (Wildman–Crippen LogP) is 5.16. The molecule has 204 valence electrons. The quantitative estimate of drug-likeness (QED) is 0.157. The lowest BCUT2D eigenvalue weighted by Crippen LogP contribution is -2.32. The van der Waals surface area contributed by atoms with Gasteiger partial charge in [-0.05, 0) is 77.4 Å². The Morgan fingerprint density at radius 2 is 1.82 bits per heavy atom. The van der Waals surface area contributed by atoms with Crippen LogP contribution in [0.1, 0.15) is 50.3 Å². The van der Waals surface area contributed by atoms with Crippen molar-refractivity contribution >= 4 is 56.3 Å². The number of fused-ring (bicyclic) bond motifs is 1. The molecule has 39 heavy (non-hydrogen) atoms. The Hall–Kier alpha value is -3.70. The number of hydrogen-bond donors (Lipinski definition) is 2. The number of hydrogen-bond acceptors (Lipinski definition) is 8. The number of amides is 2. The number of esters is 1. The number of carbonyl (C=O) groups is 3. The van der Waals surface area contributed by atoms with Crippen LogP contribution >= 0.6 is 27.3 Å². The number of halogens is 1. The Balaban J connectivity index is 1.40. The fourth-order valence-corrected chi connectivity index (χ4v) is 5.99. The number of ether oxygens (including phenoxy) is 3. The summed E-state index contributed by atoms with van der Waals surface area (Å²) in [5.74, 6) is -1.45. The van der Waals surface area contributed by atoms with Crippen LogP contribution < -0.4 is 20.2 Å². The fraction of sp³-hybridized carbons (Fsp3) is 0.286. The van der Waals surface area contributed by atoms with E-state index in [1.807, 2.05) is 31.2 Å². The summed E-state index contributed by atoms with van der Waals surface area (Å²) in [4.78, 5) is 38.4. The lowest BCUT2D eigenvalue weighted by Gasteiger charge is -2.13. The summed E-state index contributed by atoms with van der Waals surface area (Å²) in [5.41, 5.74) is 6.21. The van der Waals surface area contributed by atoms with Gasteiger partial charge in [0, 0.05) is 4.88 Å². The van der Waals surface area contributed by atoms with Crippen LogP contribution in [-0.2, 0) is 33.8 Å². The van der Waals surface area contributed by atoms with E-state index in [4.69, 9.17) is 14.2 Å². The van der Waals surface area contributed by atoms with Crippen LogP contribution in [0.15, 0.2) is 46.0 Å². The van der Waals surface area contributed by atoms with Gasteiger partial charge < -0.3 is 19.5 Å². The first-order valence-electron chi connectivity index (χ1n) is 12.2. The van der Waals surface area contributed by atoms with E-state index in [9.17, 15) is 14.4 Å². The molecule has 0 spiro atoms. The smallest absolute Gasteiger partial charge is 0.341 e. The van der Waals surface area contributed by atoms with Crippen LogP contribution in [0.25, 0.3) is 0 Å². The van der Waals surface area contributed by atoms with E-state index in [0.29, 0.717) is 38.7 Å². The van der Waals surface area contributed by atoms with E-state index >= 15 is 0 Å². The summed E-state index contributed by atoms with van der Waals surface area (Å²) in [6, 6.07) is 11.5. The molecule has 9 nitrogen and oxygen atoms in total. The van der Waals surface area contributed by atoms with Crippen molar-refractivity contribution in [2.75, 3.05) is 19.5 Å². The highest BCUT2D eigenvalue weighted by Gasteiger charge is 2.28. The summed E-state index contributed by atoms with van der Waals surface area (Å²) >= 11 is 4.80. The van der Waals surface area contributed by atoms with Crippen molar-refractivity contribution in [3.05, 3.63) is 73.6 Å². The molecule has 0 saturated heterocycles. The van der Waals surface area contributed by atoms with E-state index < -0.39 is 17.8 Å². The molecule has 3 aromatic rings. The number of methoxy groups -OCH3 is 2. The van der Waals surface area contributed by atoms with Crippen molar-refractivity contribution in [2.24, 2.45) is 5.10 Å². The first-order valence-corrected chi connectivity index (χ1v) is 13.8. The average Bonchev–Trinajstić information content (AvgIpc) is 3.30.